The molecule has 0 radical (unpaired) electrons. The quantitative estimate of drug-likeness (QED) is 0.566. The van der Waals surface area contributed by atoms with Crippen molar-refractivity contribution in [3.05, 3.63) is 0 Å². The van der Waals surface area contributed by atoms with Crippen LogP contribution in [0.2, 0.25) is 0 Å². The number of hydrogen-bond donors (Lipinski definition) is 2. The third-order valence-corrected chi connectivity index (χ3v) is 3.20. The Hall–Kier alpha value is -0.420. The Morgan fingerprint density at radius 2 is 2.06 bits per heavy atom. The van der Waals surface area contributed by atoms with Crippen molar-refractivity contribution in [1.29, 1.82) is 0 Å². The molecule has 94 valence electrons. The van der Waals surface area contributed by atoms with E-state index in [9.17, 15) is 9.36 Å². The molecule has 7 heteroatoms. The summed E-state index contributed by atoms with van der Waals surface area (Å²) in [7, 11) is -3.84. The number of nitrogens with one attached hydrogen (secondary N) is 1. The first-order valence-electron chi connectivity index (χ1n) is 5.45. The predicted octanol–water partition coefficient (Wildman–Crippen LogP) is 1.20. The lowest BCUT2D eigenvalue weighted by molar-refractivity contribution is -0.122. The third kappa shape index (κ3) is 5.07. The molecule has 1 rings (SSSR count). The predicted molar refractivity (Wildman–Crippen MR) is 57.8 cm³/mol. The number of hydrogen-bond acceptors (Lipinski definition) is 4. The zero-order valence-electron chi connectivity index (χ0n) is 9.35. The Morgan fingerprint density at radius 3 is 2.62 bits per heavy atom. The van der Waals surface area contributed by atoms with Crippen molar-refractivity contribution in [3.8, 4) is 0 Å². The Balaban J connectivity index is 2.18. The molecule has 2 N–H and O–H groups in total. The lowest BCUT2D eigenvalue weighted by Crippen LogP contribution is -2.43. The Bertz CT molecular complexity index is 271. The fraction of sp³-hybridized carbons (Fsp3) is 0.889. The smallest absolute Gasteiger partial charge is 0.349 e. The van der Waals surface area contributed by atoms with Gasteiger partial charge in [0.05, 0.1) is 19.3 Å². The summed E-state index contributed by atoms with van der Waals surface area (Å²) in [6.07, 6.45) is 3.42. The fourth-order valence-electron chi connectivity index (χ4n) is 1.37. The average molecular weight is 251 g/mol. The van der Waals surface area contributed by atoms with E-state index in [4.69, 9.17) is 4.89 Å². The minimum Gasteiger partial charge on any atom is -0.349 e. The summed E-state index contributed by atoms with van der Waals surface area (Å²) < 4.78 is 20.0. The van der Waals surface area contributed by atoms with E-state index < -0.39 is 7.82 Å². The van der Waals surface area contributed by atoms with Gasteiger partial charge in [-0.2, -0.15) is 0 Å². The van der Waals surface area contributed by atoms with E-state index in [0.29, 0.717) is 6.42 Å². The van der Waals surface area contributed by atoms with Crippen LogP contribution in [-0.2, 0) is 18.4 Å². The van der Waals surface area contributed by atoms with Crippen molar-refractivity contribution < 1.29 is 23.3 Å². The van der Waals surface area contributed by atoms with Gasteiger partial charge in [0.15, 0.2) is 0 Å². The summed E-state index contributed by atoms with van der Waals surface area (Å²) in [4.78, 5) is 20.3. The van der Waals surface area contributed by atoms with Crippen molar-refractivity contribution in [2.24, 2.45) is 0 Å². The molecular formula is C9H18NO5P. The maximum Gasteiger partial charge on any atom is 0.472 e. The van der Waals surface area contributed by atoms with Crippen molar-refractivity contribution in [2.75, 3.05) is 13.2 Å². The molecule has 1 saturated heterocycles. The number of phosphoric acid groups is 1. The van der Waals surface area contributed by atoms with Crippen molar-refractivity contribution in [2.45, 2.75) is 38.6 Å². The van der Waals surface area contributed by atoms with Crippen molar-refractivity contribution in [3.63, 3.8) is 0 Å². The highest BCUT2D eigenvalue weighted by Crippen LogP contribution is 2.45. The van der Waals surface area contributed by atoms with Gasteiger partial charge in [-0.3, -0.25) is 13.8 Å². The Labute approximate surface area is 94.9 Å². The van der Waals surface area contributed by atoms with Gasteiger partial charge in [0.2, 0.25) is 5.91 Å². The molecule has 0 saturated carbocycles. The van der Waals surface area contributed by atoms with Crippen LogP contribution in [-0.4, -0.2) is 30.1 Å². The topological polar surface area (TPSA) is 84.9 Å². The van der Waals surface area contributed by atoms with Gasteiger partial charge in [-0.15, -0.1) is 0 Å². The van der Waals surface area contributed by atoms with E-state index in [-0.39, 0.29) is 25.2 Å². The Morgan fingerprint density at radius 1 is 1.44 bits per heavy atom. The van der Waals surface area contributed by atoms with E-state index in [1.54, 1.807) is 0 Å². The molecule has 0 aromatic carbocycles. The highest BCUT2D eigenvalue weighted by atomic mass is 31.2. The largest absolute Gasteiger partial charge is 0.472 e. The van der Waals surface area contributed by atoms with Crippen LogP contribution in [0, 0.1) is 0 Å². The number of carbonyl (C=O) groups is 1. The van der Waals surface area contributed by atoms with Crippen LogP contribution in [0.4, 0.5) is 0 Å². The second-order valence-corrected chi connectivity index (χ2v) is 5.24. The number of unbranched alkanes of at least 4 members (excludes halogenated alkanes) is 2. The lowest BCUT2D eigenvalue weighted by Gasteiger charge is -2.25. The molecule has 1 heterocycles. The second-order valence-electron chi connectivity index (χ2n) is 3.78. The van der Waals surface area contributed by atoms with E-state index in [1.165, 1.54) is 0 Å². The molecule has 6 nitrogen and oxygen atoms in total. The maximum absolute atomic E-state index is 11.4. The minimum atomic E-state index is -3.84. The zero-order chi connectivity index (χ0) is 12.0. The average Bonchev–Trinajstić information content (AvgIpc) is 2.22. The van der Waals surface area contributed by atoms with Crippen LogP contribution in [0.5, 0.6) is 0 Å². The van der Waals surface area contributed by atoms with E-state index in [2.05, 4.69) is 21.3 Å². The van der Waals surface area contributed by atoms with Gasteiger partial charge in [0.25, 0.3) is 0 Å². The number of rotatable bonds is 5. The molecule has 0 aromatic rings. The first kappa shape index (κ1) is 13.6. The van der Waals surface area contributed by atoms with E-state index in [1.807, 2.05) is 0 Å². The van der Waals surface area contributed by atoms with Crippen LogP contribution < -0.4 is 5.32 Å². The SMILES string of the molecule is CCCCCC(=O)NC1COP(=O)(O)OC1. The molecule has 0 spiro atoms. The summed E-state index contributed by atoms with van der Waals surface area (Å²) in [6.45, 7) is 2.11. The molecule has 1 aliphatic rings. The lowest BCUT2D eigenvalue weighted by atomic mass is 10.2. The summed E-state index contributed by atoms with van der Waals surface area (Å²) in [5.74, 6) is -0.0691. The van der Waals surface area contributed by atoms with Crippen LogP contribution in [0.3, 0.4) is 0 Å². The van der Waals surface area contributed by atoms with E-state index >= 15 is 0 Å². The number of carbonyl (C=O) groups excluding carboxylic acids is 1. The highest BCUT2D eigenvalue weighted by molar-refractivity contribution is 7.47. The molecule has 0 aliphatic carbocycles. The summed E-state index contributed by atoms with van der Waals surface area (Å²) in [5, 5.41) is 2.69. The van der Waals surface area contributed by atoms with Crippen molar-refractivity contribution in [1.82, 2.24) is 5.32 Å². The molecule has 1 amide bonds. The first-order chi connectivity index (χ1) is 7.53. The van der Waals surface area contributed by atoms with Crippen LogP contribution in [0.25, 0.3) is 0 Å². The van der Waals surface area contributed by atoms with Crippen LogP contribution >= 0.6 is 7.82 Å². The fourth-order valence-corrected chi connectivity index (χ4v) is 2.18. The van der Waals surface area contributed by atoms with Gasteiger partial charge in [-0.05, 0) is 6.42 Å². The normalized spacial score (nSPS) is 30.0. The molecule has 1 fully saturated rings. The van der Waals surface area contributed by atoms with Gasteiger partial charge in [0, 0.05) is 6.42 Å². The molecule has 16 heavy (non-hydrogen) atoms. The monoisotopic (exact) mass is 251 g/mol. The molecule has 0 bridgehead atoms. The number of phosphoric ester groups is 1. The molecule has 1 aliphatic heterocycles. The zero-order valence-corrected chi connectivity index (χ0v) is 10.2. The summed E-state index contributed by atoms with van der Waals surface area (Å²) in [5.41, 5.74) is 0. The van der Waals surface area contributed by atoms with E-state index in [0.717, 1.165) is 19.3 Å². The molecule has 0 unspecified atom stereocenters. The van der Waals surface area contributed by atoms with Gasteiger partial charge in [-0.25, -0.2) is 4.57 Å². The minimum absolute atomic E-state index is 0.0211. The van der Waals surface area contributed by atoms with Crippen molar-refractivity contribution >= 4 is 13.7 Å². The van der Waals surface area contributed by atoms with Gasteiger partial charge < -0.3 is 10.2 Å². The van der Waals surface area contributed by atoms with Gasteiger partial charge in [-0.1, -0.05) is 19.8 Å². The molecule has 0 atom stereocenters. The Kier molecular flexibility index (Phi) is 5.41. The van der Waals surface area contributed by atoms with Gasteiger partial charge in [0.1, 0.15) is 0 Å². The molecule has 0 aromatic heterocycles. The maximum atomic E-state index is 11.4. The standard InChI is InChI=1S/C9H18NO5P/c1-2-3-4-5-9(11)10-8-6-14-16(12,13)15-7-8/h8H,2-7H2,1H3,(H,10,11)(H,12,13). The van der Waals surface area contributed by atoms with Crippen LogP contribution in [0.1, 0.15) is 32.6 Å². The van der Waals surface area contributed by atoms with Crippen LogP contribution in [0.15, 0.2) is 0 Å². The highest BCUT2D eigenvalue weighted by Gasteiger charge is 2.30. The molecular weight excluding hydrogens is 233 g/mol. The number of amides is 1. The summed E-state index contributed by atoms with van der Waals surface area (Å²) >= 11 is 0. The summed E-state index contributed by atoms with van der Waals surface area (Å²) in [6, 6.07) is -0.330. The third-order valence-electron chi connectivity index (χ3n) is 2.25. The first-order valence-corrected chi connectivity index (χ1v) is 6.94. The van der Waals surface area contributed by atoms with Gasteiger partial charge >= 0.3 is 7.82 Å². The second kappa shape index (κ2) is 6.35.